The zero-order chi connectivity index (χ0) is 31.2. The van der Waals surface area contributed by atoms with Crippen LogP contribution >= 0.6 is 11.6 Å². The maximum Gasteiger partial charge on any atom is 0.225 e. The van der Waals surface area contributed by atoms with E-state index in [2.05, 4.69) is 52.2 Å². The minimum atomic E-state index is -0.312. The van der Waals surface area contributed by atoms with Crippen LogP contribution < -0.4 is 15.0 Å². The van der Waals surface area contributed by atoms with Gasteiger partial charge in [0.05, 0.1) is 17.3 Å². The van der Waals surface area contributed by atoms with E-state index in [0.717, 1.165) is 59.4 Å². The van der Waals surface area contributed by atoms with Gasteiger partial charge in [-0.15, -0.1) is 0 Å². The van der Waals surface area contributed by atoms with Gasteiger partial charge in [-0.25, -0.2) is 9.97 Å². The van der Waals surface area contributed by atoms with Gasteiger partial charge in [0, 0.05) is 36.3 Å². The monoisotopic (exact) mass is 626 g/mol. The van der Waals surface area contributed by atoms with Gasteiger partial charge in [-0.1, -0.05) is 37.6 Å². The molecule has 2 aromatic carbocycles. The van der Waals surface area contributed by atoms with Crippen LogP contribution in [0.1, 0.15) is 74.8 Å². The van der Waals surface area contributed by atoms with E-state index >= 15 is 0 Å². The molecule has 238 valence electrons. The van der Waals surface area contributed by atoms with Gasteiger partial charge in [-0.05, 0) is 130 Å². The fourth-order valence-corrected chi connectivity index (χ4v) is 7.77. The third-order valence-electron chi connectivity index (χ3n) is 10.5. The van der Waals surface area contributed by atoms with Crippen LogP contribution in [0.4, 0.5) is 5.95 Å². The Kier molecular flexibility index (Phi) is 10.2. The lowest BCUT2D eigenvalue weighted by molar-refractivity contribution is 0.113. The lowest BCUT2D eigenvalue weighted by Gasteiger charge is -2.41. The number of halogens is 1. The van der Waals surface area contributed by atoms with Crippen molar-refractivity contribution < 1.29 is 4.74 Å². The highest BCUT2D eigenvalue weighted by Crippen LogP contribution is 2.35. The van der Waals surface area contributed by atoms with Gasteiger partial charge in [-0.2, -0.15) is 5.26 Å². The van der Waals surface area contributed by atoms with Crippen molar-refractivity contribution in [1.29, 1.82) is 5.26 Å². The Morgan fingerprint density at radius 1 is 0.911 bits per heavy atom. The molecule has 3 aromatic rings. The van der Waals surface area contributed by atoms with Gasteiger partial charge in [0.25, 0.3) is 0 Å². The van der Waals surface area contributed by atoms with Crippen molar-refractivity contribution in [3.05, 3.63) is 82.1 Å². The molecule has 0 unspecified atom stereocenters. The topological polar surface area (TPSA) is 77.3 Å². The van der Waals surface area contributed by atoms with Crippen LogP contribution in [0.3, 0.4) is 0 Å². The fraction of sp³-hybridized carbons (Fsp3) is 0.541. The maximum atomic E-state index is 9.37. The molecule has 0 spiro atoms. The molecule has 0 radical (unpaired) electrons. The molecule has 3 aliphatic heterocycles. The highest BCUT2D eigenvalue weighted by Gasteiger charge is 2.31. The number of likely N-dealkylation sites (tertiary alicyclic amines) is 1. The van der Waals surface area contributed by atoms with Crippen molar-refractivity contribution in [2.75, 3.05) is 50.7 Å². The Balaban J connectivity index is 0.975. The first-order chi connectivity index (χ1) is 21.9. The number of hydrogen-bond donors (Lipinski definition) is 1. The number of aromatic nitrogens is 2. The van der Waals surface area contributed by atoms with Crippen LogP contribution in [0.15, 0.2) is 54.7 Å². The molecule has 0 saturated carbocycles. The first-order valence-electron chi connectivity index (χ1n) is 16.8. The van der Waals surface area contributed by atoms with Crippen LogP contribution in [0, 0.1) is 29.1 Å². The molecule has 6 rings (SSSR count). The average molecular weight is 627 g/mol. The second kappa shape index (κ2) is 14.5. The number of nitrogens with zero attached hydrogens (tertiary/aromatic N) is 5. The van der Waals surface area contributed by atoms with Crippen molar-refractivity contribution in [2.45, 2.75) is 64.4 Å². The number of benzene rings is 2. The summed E-state index contributed by atoms with van der Waals surface area (Å²) in [6.45, 7) is 13.0. The lowest BCUT2D eigenvalue weighted by Crippen LogP contribution is -2.43. The zero-order valence-corrected chi connectivity index (χ0v) is 27.6. The number of rotatable bonds is 9. The molecule has 1 N–H and O–H groups in total. The maximum absolute atomic E-state index is 9.37. The van der Waals surface area contributed by atoms with Crippen molar-refractivity contribution >= 4 is 17.5 Å². The fourth-order valence-electron chi connectivity index (χ4n) is 7.53. The van der Waals surface area contributed by atoms with E-state index in [9.17, 15) is 5.26 Å². The number of anilines is 1. The predicted octanol–water partition coefficient (Wildman–Crippen LogP) is 6.83. The van der Waals surface area contributed by atoms with Crippen LogP contribution in [-0.2, 0) is 12.0 Å². The number of nitriles is 1. The Morgan fingerprint density at radius 2 is 1.60 bits per heavy atom. The third-order valence-corrected chi connectivity index (χ3v) is 10.7. The molecule has 0 aliphatic carbocycles. The average Bonchev–Trinajstić information content (AvgIpc) is 3.08. The molecule has 45 heavy (non-hydrogen) atoms. The first-order valence-corrected chi connectivity index (χ1v) is 17.2. The van der Waals surface area contributed by atoms with Gasteiger partial charge in [0.2, 0.25) is 5.95 Å². The Labute approximate surface area is 274 Å². The van der Waals surface area contributed by atoms with Gasteiger partial charge in [0.1, 0.15) is 12.4 Å². The van der Waals surface area contributed by atoms with Crippen molar-refractivity contribution in [1.82, 2.24) is 20.2 Å². The van der Waals surface area contributed by atoms with E-state index in [4.69, 9.17) is 21.3 Å². The molecule has 3 saturated heterocycles. The van der Waals surface area contributed by atoms with Crippen molar-refractivity contribution in [3.8, 4) is 11.8 Å². The standard InChI is InChI=1S/C37H47ClN6O/c1-37(2,32-21-28(24-39)22-33(38)23-32)31-3-5-35(6-4-31)45-26-34-9-16-41-36(42-34)44-19-12-30(13-20-44)29-10-17-43(18-11-29)25-27-7-14-40-15-8-27/h3-6,9,16,21-23,27,29-30,40H,7-8,10-15,17-20,25-26H2,1-2H3. The van der Waals surface area contributed by atoms with Gasteiger partial charge < -0.3 is 19.9 Å². The van der Waals surface area contributed by atoms with E-state index < -0.39 is 0 Å². The Morgan fingerprint density at radius 3 is 2.29 bits per heavy atom. The Hall–Kier alpha value is -3.18. The number of nitrogens with one attached hydrogen (secondary N) is 1. The second-order valence-corrected chi connectivity index (χ2v) is 14.2. The first kappa shape index (κ1) is 31.8. The minimum absolute atomic E-state index is 0.312. The molecule has 1 aromatic heterocycles. The van der Waals surface area contributed by atoms with Crippen LogP contribution in [0.5, 0.6) is 5.75 Å². The number of piperidine rings is 3. The summed E-state index contributed by atoms with van der Waals surface area (Å²) in [6.07, 6.45) is 9.74. The minimum Gasteiger partial charge on any atom is -0.487 e. The summed E-state index contributed by atoms with van der Waals surface area (Å²) in [7, 11) is 0. The SMILES string of the molecule is CC(C)(c1ccc(OCc2ccnc(N3CCC(C4CCN(CC5CCNCC5)CC4)CC3)n2)cc1)c1cc(Cl)cc(C#N)c1. The van der Waals surface area contributed by atoms with Crippen molar-refractivity contribution in [3.63, 3.8) is 0 Å². The predicted molar refractivity (Wildman–Crippen MR) is 181 cm³/mol. The Bertz CT molecular complexity index is 1450. The van der Waals surface area contributed by atoms with E-state index in [1.807, 2.05) is 36.5 Å². The lowest BCUT2D eigenvalue weighted by atomic mass is 9.78. The van der Waals surface area contributed by atoms with E-state index in [-0.39, 0.29) is 5.41 Å². The second-order valence-electron chi connectivity index (χ2n) is 13.8. The number of ether oxygens (including phenoxy) is 1. The highest BCUT2D eigenvalue weighted by atomic mass is 35.5. The summed E-state index contributed by atoms with van der Waals surface area (Å²) in [5.74, 6) is 4.21. The highest BCUT2D eigenvalue weighted by molar-refractivity contribution is 6.30. The normalized spacial score (nSPS) is 19.4. The van der Waals surface area contributed by atoms with E-state index in [1.165, 1.54) is 71.2 Å². The summed E-state index contributed by atoms with van der Waals surface area (Å²) in [5.41, 5.74) is 3.27. The zero-order valence-electron chi connectivity index (χ0n) is 26.8. The molecular weight excluding hydrogens is 580 g/mol. The largest absolute Gasteiger partial charge is 0.487 e. The van der Waals surface area contributed by atoms with Crippen LogP contribution in [0.2, 0.25) is 5.02 Å². The summed E-state index contributed by atoms with van der Waals surface area (Å²) >= 11 is 6.29. The van der Waals surface area contributed by atoms with E-state index in [0.29, 0.717) is 17.2 Å². The van der Waals surface area contributed by atoms with Gasteiger partial charge >= 0.3 is 0 Å². The molecule has 0 amide bonds. The summed E-state index contributed by atoms with van der Waals surface area (Å²) < 4.78 is 6.14. The molecule has 0 bridgehead atoms. The van der Waals surface area contributed by atoms with Crippen LogP contribution in [-0.4, -0.2) is 60.7 Å². The molecular formula is C37H47ClN6O. The van der Waals surface area contributed by atoms with Gasteiger partial charge in [-0.3, -0.25) is 0 Å². The molecule has 0 atom stereocenters. The van der Waals surface area contributed by atoms with E-state index in [1.54, 1.807) is 6.07 Å². The summed E-state index contributed by atoms with van der Waals surface area (Å²) in [5, 5.41) is 13.4. The molecule has 7 nitrogen and oxygen atoms in total. The molecule has 8 heteroatoms. The summed E-state index contributed by atoms with van der Waals surface area (Å²) in [4.78, 5) is 14.6. The number of hydrogen-bond acceptors (Lipinski definition) is 7. The smallest absolute Gasteiger partial charge is 0.225 e. The van der Waals surface area contributed by atoms with Crippen LogP contribution in [0.25, 0.3) is 0 Å². The third kappa shape index (κ3) is 7.98. The van der Waals surface area contributed by atoms with Gasteiger partial charge in [0.15, 0.2) is 0 Å². The summed E-state index contributed by atoms with van der Waals surface area (Å²) in [6, 6.07) is 17.8. The van der Waals surface area contributed by atoms with Crippen molar-refractivity contribution in [2.24, 2.45) is 17.8 Å². The molecule has 4 heterocycles. The molecule has 3 aliphatic rings. The molecule has 3 fully saturated rings. The quantitative estimate of drug-likeness (QED) is 0.279.